The predicted molar refractivity (Wildman–Crippen MR) is 102 cm³/mol. The Morgan fingerprint density at radius 1 is 1.04 bits per heavy atom. The zero-order valence-electron chi connectivity index (χ0n) is 15.8. The summed E-state index contributed by atoms with van der Waals surface area (Å²) in [6, 6.07) is 19.4. The molecule has 0 aromatic heterocycles. The number of hydrogen-bond acceptors (Lipinski definition) is 5. The normalized spacial score (nSPS) is 29.7. The van der Waals surface area contributed by atoms with Crippen LogP contribution >= 0.6 is 0 Å². The number of amides is 1. The summed E-state index contributed by atoms with van der Waals surface area (Å²) >= 11 is 0. The van der Waals surface area contributed by atoms with E-state index in [0.29, 0.717) is 19.6 Å². The zero-order chi connectivity index (χ0) is 19.3. The Kier molecular flexibility index (Phi) is 6.02. The number of carbonyl (C=O) groups excluding carboxylic acids is 1. The summed E-state index contributed by atoms with van der Waals surface area (Å²) in [5, 5.41) is 2.95. The van der Waals surface area contributed by atoms with Crippen LogP contribution in [0, 0.1) is 0 Å². The van der Waals surface area contributed by atoms with Gasteiger partial charge in [-0.05, 0) is 5.56 Å². The summed E-state index contributed by atoms with van der Waals surface area (Å²) in [6.45, 7) is 2.33. The van der Waals surface area contributed by atoms with Crippen molar-refractivity contribution < 1.29 is 23.7 Å². The number of ether oxygens (including phenoxy) is 4. The van der Waals surface area contributed by atoms with E-state index in [2.05, 4.69) is 5.32 Å². The van der Waals surface area contributed by atoms with E-state index in [1.807, 2.05) is 60.7 Å². The molecule has 0 bridgehead atoms. The quantitative estimate of drug-likeness (QED) is 0.860. The van der Waals surface area contributed by atoms with Gasteiger partial charge < -0.3 is 24.3 Å². The van der Waals surface area contributed by atoms with E-state index < -0.39 is 12.6 Å². The van der Waals surface area contributed by atoms with Crippen molar-refractivity contribution in [2.24, 2.45) is 0 Å². The summed E-state index contributed by atoms with van der Waals surface area (Å²) in [6.07, 6.45) is -0.772. The summed E-state index contributed by atoms with van der Waals surface area (Å²) in [5.74, 6) is -0.118. The van der Waals surface area contributed by atoms with Gasteiger partial charge in [0.15, 0.2) is 12.6 Å². The van der Waals surface area contributed by atoms with Gasteiger partial charge in [0.1, 0.15) is 6.10 Å². The molecule has 0 spiro atoms. The van der Waals surface area contributed by atoms with Crippen molar-refractivity contribution in [3.05, 3.63) is 71.8 Å². The van der Waals surface area contributed by atoms with Gasteiger partial charge in [0.25, 0.3) is 0 Å². The second kappa shape index (κ2) is 8.84. The van der Waals surface area contributed by atoms with E-state index >= 15 is 0 Å². The molecule has 0 unspecified atom stereocenters. The fraction of sp³-hybridized carbons (Fsp3) is 0.409. The number of rotatable bonds is 5. The molecule has 6 nitrogen and oxygen atoms in total. The molecular formula is C22H25NO5. The maximum atomic E-state index is 11.7. The zero-order valence-corrected chi connectivity index (χ0v) is 15.8. The smallest absolute Gasteiger partial charge is 0.217 e. The van der Waals surface area contributed by atoms with E-state index in [-0.39, 0.29) is 24.2 Å². The van der Waals surface area contributed by atoms with Crippen LogP contribution in [0.4, 0.5) is 0 Å². The predicted octanol–water partition coefficient (Wildman–Crippen LogP) is 2.94. The van der Waals surface area contributed by atoms with E-state index in [9.17, 15) is 4.79 Å². The van der Waals surface area contributed by atoms with E-state index in [1.165, 1.54) is 6.92 Å². The third-order valence-electron chi connectivity index (χ3n) is 4.97. The molecule has 5 atom stereocenters. The molecule has 2 saturated heterocycles. The standard InChI is InChI=1S/C22H25NO5/c1-15(24)23-18-12-19-20(14-26-21(27-19)17-10-6-3-7-11-17)28-22(18)25-13-16-8-4-2-5-9-16/h2-11,18-22H,12-14H2,1H3,(H,23,24)/t18-,19+,20-,21+,22+/m1/s1. The Labute approximate surface area is 164 Å². The molecule has 6 heteroatoms. The second-order valence-corrected chi connectivity index (χ2v) is 7.13. The highest BCUT2D eigenvalue weighted by Crippen LogP contribution is 2.34. The lowest BCUT2D eigenvalue weighted by atomic mass is 9.99. The monoisotopic (exact) mass is 383 g/mol. The minimum absolute atomic E-state index is 0.118. The van der Waals surface area contributed by atoms with Gasteiger partial charge in [-0.2, -0.15) is 0 Å². The van der Waals surface area contributed by atoms with Crippen LogP contribution in [-0.4, -0.2) is 37.1 Å². The number of fused-ring (bicyclic) bond motifs is 1. The number of hydrogen-bond donors (Lipinski definition) is 1. The summed E-state index contributed by atoms with van der Waals surface area (Å²) in [5.41, 5.74) is 2.02. The first kappa shape index (κ1) is 19.1. The number of benzene rings is 2. The molecule has 1 N–H and O–H groups in total. The molecule has 2 aliphatic heterocycles. The summed E-state index contributed by atoms with van der Waals surface area (Å²) in [4.78, 5) is 11.7. The van der Waals surface area contributed by atoms with Crippen LogP contribution in [0.5, 0.6) is 0 Å². The van der Waals surface area contributed by atoms with Crippen LogP contribution in [0.3, 0.4) is 0 Å². The maximum Gasteiger partial charge on any atom is 0.217 e. The van der Waals surface area contributed by atoms with Gasteiger partial charge >= 0.3 is 0 Å². The molecule has 0 saturated carbocycles. The van der Waals surface area contributed by atoms with Crippen LogP contribution in [-0.2, 0) is 30.3 Å². The molecule has 0 aliphatic carbocycles. The lowest BCUT2D eigenvalue weighted by molar-refractivity contribution is -0.323. The first-order valence-corrected chi connectivity index (χ1v) is 9.59. The molecule has 2 aromatic rings. The molecule has 2 aliphatic rings. The van der Waals surface area contributed by atoms with Crippen molar-refractivity contribution in [2.75, 3.05) is 6.61 Å². The van der Waals surface area contributed by atoms with Gasteiger partial charge in [0.05, 0.1) is 25.4 Å². The Morgan fingerprint density at radius 3 is 2.46 bits per heavy atom. The molecule has 2 heterocycles. The molecule has 2 fully saturated rings. The topological polar surface area (TPSA) is 66.0 Å². The molecule has 148 valence electrons. The largest absolute Gasteiger partial charge is 0.348 e. The van der Waals surface area contributed by atoms with Crippen LogP contribution in [0.2, 0.25) is 0 Å². The maximum absolute atomic E-state index is 11.7. The minimum atomic E-state index is -0.550. The average Bonchev–Trinajstić information content (AvgIpc) is 2.73. The van der Waals surface area contributed by atoms with Crippen molar-refractivity contribution in [3.63, 3.8) is 0 Å². The number of nitrogens with one attached hydrogen (secondary N) is 1. The Balaban J connectivity index is 1.42. The van der Waals surface area contributed by atoms with Crippen molar-refractivity contribution in [1.29, 1.82) is 0 Å². The van der Waals surface area contributed by atoms with E-state index in [4.69, 9.17) is 18.9 Å². The fourth-order valence-electron chi connectivity index (χ4n) is 3.62. The summed E-state index contributed by atoms with van der Waals surface area (Å²) < 4.78 is 24.1. The fourth-order valence-corrected chi connectivity index (χ4v) is 3.62. The van der Waals surface area contributed by atoms with Gasteiger partial charge in [0.2, 0.25) is 5.91 Å². The third kappa shape index (κ3) is 4.59. The average molecular weight is 383 g/mol. The Hall–Kier alpha value is -2.25. The van der Waals surface area contributed by atoms with Gasteiger partial charge in [0, 0.05) is 18.9 Å². The van der Waals surface area contributed by atoms with E-state index in [0.717, 1.165) is 11.1 Å². The van der Waals surface area contributed by atoms with Crippen LogP contribution in [0.15, 0.2) is 60.7 Å². The minimum Gasteiger partial charge on any atom is -0.348 e. The van der Waals surface area contributed by atoms with Gasteiger partial charge in [-0.1, -0.05) is 60.7 Å². The Morgan fingerprint density at radius 2 is 1.75 bits per heavy atom. The van der Waals surface area contributed by atoms with Gasteiger partial charge in [-0.3, -0.25) is 4.79 Å². The van der Waals surface area contributed by atoms with Gasteiger partial charge in [-0.15, -0.1) is 0 Å². The van der Waals surface area contributed by atoms with Crippen molar-refractivity contribution in [1.82, 2.24) is 5.32 Å². The highest BCUT2D eigenvalue weighted by Gasteiger charge is 2.43. The third-order valence-corrected chi connectivity index (χ3v) is 4.97. The molecule has 1 amide bonds. The first-order chi connectivity index (χ1) is 13.7. The highest BCUT2D eigenvalue weighted by molar-refractivity contribution is 5.73. The molecule has 2 aromatic carbocycles. The van der Waals surface area contributed by atoms with Crippen LogP contribution < -0.4 is 5.32 Å². The Bertz CT molecular complexity index is 769. The lowest BCUT2D eigenvalue weighted by Crippen LogP contribution is -2.58. The summed E-state index contributed by atoms with van der Waals surface area (Å²) in [7, 11) is 0. The van der Waals surface area contributed by atoms with Crippen molar-refractivity contribution in [2.45, 2.75) is 50.8 Å². The second-order valence-electron chi connectivity index (χ2n) is 7.13. The number of carbonyl (C=O) groups is 1. The van der Waals surface area contributed by atoms with Crippen LogP contribution in [0.25, 0.3) is 0 Å². The highest BCUT2D eigenvalue weighted by atomic mass is 16.7. The van der Waals surface area contributed by atoms with E-state index in [1.54, 1.807) is 0 Å². The van der Waals surface area contributed by atoms with Crippen molar-refractivity contribution in [3.8, 4) is 0 Å². The lowest BCUT2D eigenvalue weighted by Gasteiger charge is -2.45. The molecule has 0 radical (unpaired) electrons. The van der Waals surface area contributed by atoms with Crippen molar-refractivity contribution >= 4 is 5.91 Å². The van der Waals surface area contributed by atoms with Gasteiger partial charge in [-0.25, -0.2) is 0 Å². The molecule has 4 rings (SSSR count). The molecule has 28 heavy (non-hydrogen) atoms. The molecular weight excluding hydrogens is 358 g/mol. The first-order valence-electron chi connectivity index (χ1n) is 9.59. The van der Waals surface area contributed by atoms with Crippen LogP contribution in [0.1, 0.15) is 30.8 Å². The SMILES string of the molecule is CC(=O)N[C@@H]1C[C@@H]2O[C@@H](c3ccccc3)OC[C@H]2O[C@@H]1OCc1ccccc1.